The molecule has 66 valence electrons. The number of nitrogens with one attached hydrogen (secondary N) is 1. The Hall–Kier alpha value is -0.120. The molecule has 1 heterocycles. The summed E-state index contributed by atoms with van der Waals surface area (Å²) in [6.07, 6.45) is 2.19. The van der Waals surface area contributed by atoms with Crippen LogP contribution in [0.5, 0.6) is 0 Å². The van der Waals surface area contributed by atoms with Crippen LogP contribution in [0.15, 0.2) is 0 Å². The van der Waals surface area contributed by atoms with E-state index >= 15 is 0 Å². The van der Waals surface area contributed by atoms with Crippen LogP contribution in [0.25, 0.3) is 0 Å². The molecule has 0 bridgehead atoms. The highest BCUT2D eigenvalue weighted by Gasteiger charge is 2.13. The Morgan fingerprint density at radius 3 is 2.73 bits per heavy atom. The van der Waals surface area contributed by atoms with Crippen molar-refractivity contribution >= 4 is 0 Å². The smallest absolute Gasteiger partial charge is 0.0745 e. The van der Waals surface area contributed by atoms with Gasteiger partial charge in [-0.25, -0.2) is 0 Å². The molecule has 0 aromatic rings. The molecule has 0 aromatic carbocycles. The van der Waals surface area contributed by atoms with Crippen LogP contribution < -0.4 is 5.32 Å². The summed E-state index contributed by atoms with van der Waals surface area (Å²) >= 11 is 0. The molecule has 1 saturated heterocycles. The van der Waals surface area contributed by atoms with Crippen molar-refractivity contribution in [3.8, 4) is 0 Å². The van der Waals surface area contributed by atoms with Gasteiger partial charge in [-0.2, -0.15) is 0 Å². The van der Waals surface area contributed by atoms with Gasteiger partial charge in [0.1, 0.15) is 0 Å². The maximum atomic E-state index is 8.94. The van der Waals surface area contributed by atoms with E-state index in [1.807, 2.05) is 0 Å². The van der Waals surface area contributed by atoms with Gasteiger partial charge in [0.15, 0.2) is 0 Å². The Labute approximate surface area is 67.7 Å². The van der Waals surface area contributed by atoms with Crippen LogP contribution in [0.2, 0.25) is 0 Å². The van der Waals surface area contributed by atoms with Gasteiger partial charge in [-0.05, 0) is 32.9 Å². The molecule has 0 amide bonds. The van der Waals surface area contributed by atoms with Gasteiger partial charge in [0.25, 0.3) is 0 Å². The molecular weight excluding hydrogens is 142 g/mol. The number of aliphatic hydroxyl groups is 1. The number of hydrogen-bond donors (Lipinski definition) is 2. The first kappa shape index (κ1) is 8.97. The van der Waals surface area contributed by atoms with Gasteiger partial charge in [-0.1, -0.05) is 0 Å². The van der Waals surface area contributed by atoms with Crippen LogP contribution in [-0.2, 0) is 4.74 Å². The minimum absolute atomic E-state index is 0.329. The molecule has 1 aliphatic heterocycles. The van der Waals surface area contributed by atoms with Crippen LogP contribution in [0.4, 0.5) is 0 Å². The van der Waals surface area contributed by atoms with Crippen molar-refractivity contribution < 1.29 is 9.84 Å². The minimum atomic E-state index is -0.329. The van der Waals surface area contributed by atoms with Gasteiger partial charge < -0.3 is 15.2 Å². The van der Waals surface area contributed by atoms with E-state index in [1.165, 1.54) is 0 Å². The van der Waals surface area contributed by atoms with Crippen LogP contribution in [0, 0.1) is 0 Å². The van der Waals surface area contributed by atoms with Crippen molar-refractivity contribution in [2.75, 3.05) is 19.7 Å². The molecule has 0 aromatic heterocycles. The number of piperidine rings is 1. The van der Waals surface area contributed by atoms with Gasteiger partial charge in [0.05, 0.1) is 18.8 Å². The van der Waals surface area contributed by atoms with Crippen molar-refractivity contribution in [1.82, 2.24) is 5.32 Å². The third-order valence-electron chi connectivity index (χ3n) is 1.86. The lowest BCUT2D eigenvalue weighted by molar-refractivity contribution is -0.0149. The minimum Gasteiger partial charge on any atom is -0.391 e. The molecule has 1 atom stereocenters. The standard InChI is InChI=1S/C8H17NO2/c1-7(10)6-11-8-2-4-9-5-3-8/h7-10H,2-6H2,1H3. The summed E-state index contributed by atoms with van der Waals surface area (Å²) in [7, 11) is 0. The molecule has 3 heteroatoms. The first-order valence-corrected chi connectivity index (χ1v) is 4.29. The van der Waals surface area contributed by atoms with E-state index < -0.39 is 0 Å². The van der Waals surface area contributed by atoms with Crippen molar-refractivity contribution in [2.24, 2.45) is 0 Å². The van der Waals surface area contributed by atoms with E-state index in [4.69, 9.17) is 9.84 Å². The zero-order valence-corrected chi connectivity index (χ0v) is 7.05. The molecule has 0 saturated carbocycles. The van der Waals surface area contributed by atoms with Gasteiger partial charge in [0.2, 0.25) is 0 Å². The second-order valence-electron chi connectivity index (χ2n) is 3.13. The predicted molar refractivity (Wildman–Crippen MR) is 43.5 cm³/mol. The molecule has 1 unspecified atom stereocenters. The first-order chi connectivity index (χ1) is 5.29. The van der Waals surface area contributed by atoms with E-state index in [0.29, 0.717) is 12.7 Å². The topological polar surface area (TPSA) is 41.5 Å². The van der Waals surface area contributed by atoms with Crippen molar-refractivity contribution in [1.29, 1.82) is 0 Å². The summed E-state index contributed by atoms with van der Waals surface area (Å²) in [5, 5.41) is 12.2. The van der Waals surface area contributed by atoms with Crippen LogP contribution in [-0.4, -0.2) is 37.0 Å². The quantitative estimate of drug-likeness (QED) is 0.615. The highest BCUT2D eigenvalue weighted by Crippen LogP contribution is 2.06. The van der Waals surface area contributed by atoms with E-state index in [9.17, 15) is 0 Å². The number of rotatable bonds is 3. The van der Waals surface area contributed by atoms with Crippen molar-refractivity contribution in [2.45, 2.75) is 32.0 Å². The van der Waals surface area contributed by atoms with E-state index in [-0.39, 0.29) is 6.10 Å². The highest BCUT2D eigenvalue weighted by atomic mass is 16.5. The second-order valence-corrected chi connectivity index (χ2v) is 3.13. The van der Waals surface area contributed by atoms with Gasteiger partial charge in [-0.15, -0.1) is 0 Å². The number of hydrogen-bond acceptors (Lipinski definition) is 3. The molecule has 0 spiro atoms. The molecule has 11 heavy (non-hydrogen) atoms. The van der Waals surface area contributed by atoms with E-state index in [1.54, 1.807) is 6.92 Å². The summed E-state index contributed by atoms with van der Waals surface area (Å²) in [4.78, 5) is 0. The third-order valence-corrected chi connectivity index (χ3v) is 1.86. The van der Waals surface area contributed by atoms with Gasteiger partial charge >= 0.3 is 0 Å². The number of aliphatic hydroxyl groups excluding tert-OH is 1. The van der Waals surface area contributed by atoms with Crippen molar-refractivity contribution in [3.05, 3.63) is 0 Å². The maximum absolute atomic E-state index is 8.94. The van der Waals surface area contributed by atoms with Crippen LogP contribution in [0.1, 0.15) is 19.8 Å². The largest absolute Gasteiger partial charge is 0.391 e. The third kappa shape index (κ3) is 3.70. The summed E-state index contributed by atoms with van der Waals surface area (Å²) in [5.74, 6) is 0. The average molecular weight is 159 g/mol. The Morgan fingerprint density at radius 1 is 1.55 bits per heavy atom. The molecule has 1 aliphatic rings. The fourth-order valence-electron chi connectivity index (χ4n) is 1.24. The SMILES string of the molecule is CC(O)COC1CCNCC1. The highest BCUT2D eigenvalue weighted by molar-refractivity contribution is 4.68. The molecule has 1 rings (SSSR count). The molecule has 2 N–H and O–H groups in total. The van der Waals surface area contributed by atoms with Crippen LogP contribution >= 0.6 is 0 Å². The molecular formula is C8H17NO2. The van der Waals surface area contributed by atoms with Crippen LogP contribution in [0.3, 0.4) is 0 Å². The second kappa shape index (κ2) is 4.70. The molecule has 0 radical (unpaired) electrons. The lowest BCUT2D eigenvalue weighted by atomic mass is 10.1. The fourth-order valence-corrected chi connectivity index (χ4v) is 1.24. The lowest BCUT2D eigenvalue weighted by Gasteiger charge is -2.23. The Bertz CT molecular complexity index is 100. The number of ether oxygens (including phenoxy) is 1. The maximum Gasteiger partial charge on any atom is 0.0745 e. The molecule has 1 fully saturated rings. The predicted octanol–water partition coefficient (Wildman–Crippen LogP) is 0.136. The Kier molecular flexibility index (Phi) is 3.83. The van der Waals surface area contributed by atoms with Gasteiger partial charge in [-0.3, -0.25) is 0 Å². The first-order valence-electron chi connectivity index (χ1n) is 4.29. The lowest BCUT2D eigenvalue weighted by Crippen LogP contribution is -2.33. The fraction of sp³-hybridized carbons (Fsp3) is 1.00. The summed E-state index contributed by atoms with van der Waals surface area (Å²) in [5.41, 5.74) is 0. The van der Waals surface area contributed by atoms with Gasteiger partial charge in [0, 0.05) is 0 Å². The summed E-state index contributed by atoms with van der Waals surface area (Å²) in [6.45, 7) is 4.32. The zero-order valence-electron chi connectivity index (χ0n) is 7.05. The zero-order chi connectivity index (χ0) is 8.10. The average Bonchev–Trinajstić information content (AvgIpc) is 2.03. The monoisotopic (exact) mass is 159 g/mol. The Balaban J connectivity index is 2.05. The molecule has 3 nitrogen and oxygen atoms in total. The normalized spacial score (nSPS) is 23.5. The van der Waals surface area contributed by atoms with E-state index in [0.717, 1.165) is 25.9 Å². The molecule has 0 aliphatic carbocycles. The Morgan fingerprint density at radius 2 is 2.18 bits per heavy atom. The summed E-state index contributed by atoms with van der Waals surface area (Å²) in [6, 6.07) is 0. The summed E-state index contributed by atoms with van der Waals surface area (Å²) < 4.78 is 5.45. The van der Waals surface area contributed by atoms with E-state index in [2.05, 4.69) is 5.32 Å². The van der Waals surface area contributed by atoms with Crippen molar-refractivity contribution in [3.63, 3.8) is 0 Å².